The lowest BCUT2D eigenvalue weighted by Gasteiger charge is -2.04. The van der Waals surface area contributed by atoms with E-state index in [1.54, 1.807) is 29.5 Å². The lowest BCUT2D eigenvalue weighted by atomic mass is 10.2. The molecule has 1 unspecified atom stereocenters. The molecule has 0 saturated carbocycles. The molecule has 1 heterocycles. The van der Waals surface area contributed by atoms with E-state index in [-0.39, 0.29) is 5.56 Å². The van der Waals surface area contributed by atoms with Crippen LogP contribution in [0, 0.1) is 0 Å². The van der Waals surface area contributed by atoms with Gasteiger partial charge in [0, 0.05) is 9.75 Å². The summed E-state index contributed by atoms with van der Waals surface area (Å²) in [6, 6.07) is 10.5. The molecule has 0 aliphatic heterocycles. The molecular formula is C14H14O3S2. The minimum Gasteiger partial charge on any atom is -0.478 e. The monoisotopic (exact) mass is 294 g/mol. The Morgan fingerprint density at radius 3 is 2.53 bits per heavy atom. The van der Waals surface area contributed by atoms with E-state index in [2.05, 4.69) is 6.92 Å². The lowest BCUT2D eigenvalue weighted by Crippen LogP contribution is -2.05. The lowest BCUT2D eigenvalue weighted by molar-refractivity contribution is 0.0693. The third-order valence-corrected chi connectivity index (χ3v) is 5.53. The van der Waals surface area contributed by atoms with E-state index in [4.69, 9.17) is 5.11 Å². The maximum absolute atomic E-state index is 12.3. The third-order valence-electron chi connectivity index (χ3n) is 2.70. The summed E-state index contributed by atoms with van der Waals surface area (Å²) in [7, 11) is -1.33. The van der Waals surface area contributed by atoms with Gasteiger partial charge in [-0.05, 0) is 30.7 Å². The van der Waals surface area contributed by atoms with Crippen molar-refractivity contribution in [2.75, 3.05) is 0 Å². The van der Waals surface area contributed by atoms with Gasteiger partial charge in [-0.3, -0.25) is 4.21 Å². The summed E-state index contributed by atoms with van der Waals surface area (Å²) in [5.41, 5.74) is 0.119. The average Bonchev–Trinajstić information content (AvgIpc) is 2.86. The number of benzene rings is 1. The van der Waals surface area contributed by atoms with Gasteiger partial charge in [0.2, 0.25) is 0 Å². The topological polar surface area (TPSA) is 54.4 Å². The first-order valence-electron chi connectivity index (χ1n) is 5.90. The Morgan fingerprint density at radius 2 is 1.89 bits per heavy atom. The van der Waals surface area contributed by atoms with Crippen LogP contribution in [0.25, 0.3) is 0 Å². The predicted octanol–water partition coefficient (Wildman–Crippen LogP) is 3.32. The van der Waals surface area contributed by atoms with Crippen molar-refractivity contribution in [3.63, 3.8) is 0 Å². The van der Waals surface area contributed by atoms with Crippen molar-refractivity contribution in [2.24, 2.45) is 0 Å². The standard InChI is InChI=1S/C14H14O3S2/c1-2-10-7-8-11(18-10)9-19(17)13-6-4-3-5-12(13)14(15)16/h3-8H,2,9H2,1H3,(H,15,16). The highest BCUT2D eigenvalue weighted by molar-refractivity contribution is 7.84. The molecule has 5 heteroatoms. The molecule has 0 saturated heterocycles. The van der Waals surface area contributed by atoms with Crippen LogP contribution in [0.3, 0.4) is 0 Å². The molecule has 19 heavy (non-hydrogen) atoms. The second-order valence-corrected chi connectivity index (χ2v) is 6.69. The first-order valence-corrected chi connectivity index (χ1v) is 8.03. The van der Waals surface area contributed by atoms with Crippen LogP contribution < -0.4 is 0 Å². The van der Waals surface area contributed by atoms with Crippen LogP contribution in [0.2, 0.25) is 0 Å². The molecule has 100 valence electrons. The zero-order chi connectivity index (χ0) is 13.8. The normalized spacial score (nSPS) is 12.3. The summed E-state index contributed by atoms with van der Waals surface area (Å²) in [4.78, 5) is 13.8. The Labute approximate surface area is 118 Å². The predicted molar refractivity (Wildman–Crippen MR) is 77.2 cm³/mol. The van der Waals surface area contributed by atoms with Gasteiger partial charge in [-0.2, -0.15) is 0 Å². The summed E-state index contributed by atoms with van der Waals surface area (Å²) in [5.74, 6) is -0.668. The molecule has 2 rings (SSSR count). The molecule has 1 atom stereocenters. The smallest absolute Gasteiger partial charge is 0.336 e. The molecule has 2 aromatic rings. The fourth-order valence-corrected chi connectivity index (χ4v) is 4.19. The van der Waals surface area contributed by atoms with E-state index in [0.29, 0.717) is 10.6 Å². The van der Waals surface area contributed by atoms with Crippen molar-refractivity contribution in [1.82, 2.24) is 0 Å². The van der Waals surface area contributed by atoms with Gasteiger partial charge in [0.25, 0.3) is 0 Å². The first-order chi connectivity index (χ1) is 9.11. The number of rotatable bonds is 5. The van der Waals surface area contributed by atoms with Crippen LogP contribution in [0.5, 0.6) is 0 Å². The van der Waals surface area contributed by atoms with Gasteiger partial charge in [0.1, 0.15) is 0 Å². The second-order valence-electron chi connectivity index (χ2n) is 4.01. The minimum absolute atomic E-state index is 0.119. The van der Waals surface area contributed by atoms with Gasteiger partial charge >= 0.3 is 5.97 Å². The zero-order valence-corrected chi connectivity index (χ0v) is 12.1. The van der Waals surface area contributed by atoms with Crippen molar-refractivity contribution < 1.29 is 14.1 Å². The Morgan fingerprint density at radius 1 is 1.21 bits per heavy atom. The van der Waals surface area contributed by atoms with Crippen molar-refractivity contribution in [2.45, 2.75) is 24.0 Å². The van der Waals surface area contributed by atoms with Crippen LogP contribution in [0.15, 0.2) is 41.3 Å². The highest BCUT2D eigenvalue weighted by atomic mass is 32.2. The van der Waals surface area contributed by atoms with Crippen LogP contribution in [0.1, 0.15) is 27.0 Å². The highest BCUT2D eigenvalue weighted by Gasteiger charge is 2.15. The number of carboxylic acids is 1. The molecule has 0 radical (unpaired) electrons. The summed E-state index contributed by atoms with van der Waals surface area (Å²) >= 11 is 1.63. The van der Waals surface area contributed by atoms with E-state index < -0.39 is 16.8 Å². The number of hydrogen-bond acceptors (Lipinski definition) is 3. The molecule has 1 N–H and O–H groups in total. The third kappa shape index (κ3) is 3.30. The fraction of sp³-hybridized carbons (Fsp3) is 0.214. The van der Waals surface area contributed by atoms with Crippen molar-refractivity contribution in [3.8, 4) is 0 Å². The Bertz CT molecular complexity index is 617. The first kappa shape index (κ1) is 14.0. The molecule has 0 fully saturated rings. The minimum atomic E-state index is -1.33. The van der Waals surface area contributed by atoms with Crippen molar-refractivity contribution >= 4 is 28.1 Å². The van der Waals surface area contributed by atoms with Crippen molar-refractivity contribution in [3.05, 3.63) is 51.7 Å². The van der Waals surface area contributed by atoms with Crippen LogP contribution in [0.4, 0.5) is 0 Å². The number of aryl methyl sites for hydroxylation is 1. The largest absolute Gasteiger partial charge is 0.478 e. The molecule has 0 amide bonds. The molecule has 0 bridgehead atoms. The number of hydrogen-bond donors (Lipinski definition) is 1. The molecule has 0 spiro atoms. The van der Waals surface area contributed by atoms with E-state index in [1.807, 2.05) is 12.1 Å². The number of thiophene rings is 1. The van der Waals surface area contributed by atoms with Gasteiger partial charge in [-0.1, -0.05) is 19.1 Å². The Balaban J connectivity index is 2.22. The van der Waals surface area contributed by atoms with Gasteiger partial charge in [-0.15, -0.1) is 11.3 Å². The maximum Gasteiger partial charge on any atom is 0.336 e. The highest BCUT2D eigenvalue weighted by Crippen LogP contribution is 2.22. The maximum atomic E-state index is 12.3. The summed E-state index contributed by atoms with van der Waals surface area (Å²) < 4.78 is 12.3. The average molecular weight is 294 g/mol. The van der Waals surface area contributed by atoms with Gasteiger partial charge in [0.05, 0.1) is 27.0 Å². The van der Waals surface area contributed by atoms with Gasteiger partial charge < -0.3 is 5.11 Å². The van der Waals surface area contributed by atoms with E-state index >= 15 is 0 Å². The molecular weight excluding hydrogens is 280 g/mol. The fourth-order valence-electron chi connectivity index (χ4n) is 1.74. The summed E-state index contributed by atoms with van der Waals surface area (Å²) in [6.45, 7) is 2.08. The zero-order valence-electron chi connectivity index (χ0n) is 10.5. The van der Waals surface area contributed by atoms with Crippen LogP contribution in [-0.2, 0) is 23.0 Å². The van der Waals surface area contributed by atoms with Gasteiger partial charge in [0.15, 0.2) is 0 Å². The molecule has 0 aliphatic carbocycles. The number of aromatic carboxylic acids is 1. The molecule has 1 aromatic carbocycles. The SMILES string of the molecule is CCc1ccc(CS(=O)c2ccccc2C(=O)O)s1. The van der Waals surface area contributed by atoms with E-state index in [0.717, 1.165) is 11.3 Å². The van der Waals surface area contributed by atoms with E-state index in [1.165, 1.54) is 10.9 Å². The van der Waals surface area contributed by atoms with Crippen molar-refractivity contribution in [1.29, 1.82) is 0 Å². The van der Waals surface area contributed by atoms with Gasteiger partial charge in [-0.25, -0.2) is 4.79 Å². The molecule has 0 aliphatic rings. The quantitative estimate of drug-likeness (QED) is 0.920. The van der Waals surface area contributed by atoms with Crippen LogP contribution in [-0.4, -0.2) is 15.3 Å². The molecule has 3 nitrogen and oxygen atoms in total. The van der Waals surface area contributed by atoms with E-state index in [9.17, 15) is 9.00 Å². The molecule has 1 aromatic heterocycles. The summed E-state index contributed by atoms with van der Waals surface area (Å²) in [5, 5.41) is 9.09. The van der Waals surface area contributed by atoms with Crippen LogP contribution >= 0.6 is 11.3 Å². The Hall–Kier alpha value is -1.46. The Kier molecular flexibility index (Phi) is 4.50. The second kappa shape index (κ2) is 6.12. The summed E-state index contributed by atoms with van der Waals surface area (Å²) in [6.07, 6.45) is 0.961. The number of carbonyl (C=O) groups is 1. The number of carboxylic acid groups (broad SMARTS) is 1.